The second-order valence-corrected chi connectivity index (χ2v) is 10.6. The van der Waals surface area contributed by atoms with Crippen LogP contribution in [0.1, 0.15) is 21.9 Å². The van der Waals surface area contributed by atoms with Crippen molar-refractivity contribution in [1.82, 2.24) is 9.80 Å². The second-order valence-electron chi connectivity index (χ2n) is 6.61. The molecule has 2 aromatic carbocycles. The van der Waals surface area contributed by atoms with Gasteiger partial charge in [-0.2, -0.15) is 0 Å². The molecule has 2 heterocycles. The lowest BCUT2D eigenvalue weighted by atomic mass is 10.2. The van der Waals surface area contributed by atoms with Gasteiger partial charge in [-0.15, -0.1) is 23.5 Å². The van der Waals surface area contributed by atoms with Crippen molar-refractivity contribution in [2.75, 3.05) is 24.6 Å². The fourth-order valence-corrected chi connectivity index (χ4v) is 6.73. The Balaban J connectivity index is 1.50. The summed E-state index contributed by atoms with van der Waals surface area (Å²) in [5, 5.41) is -0.000596. The Hall–Kier alpha value is -0.960. The van der Waals surface area contributed by atoms with Crippen LogP contribution in [0.15, 0.2) is 57.5 Å². The number of carbonyl (C=O) groups excluding carboxylic acids is 2. The molecule has 2 aromatic rings. The van der Waals surface area contributed by atoms with Gasteiger partial charge in [-0.05, 0) is 35.4 Å². The average Bonchev–Trinajstić information content (AvgIpc) is 3.22. The molecule has 2 atom stereocenters. The first kappa shape index (κ1) is 20.3. The summed E-state index contributed by atoms with van der Waals surface area (Å²) in [6.07, 6.45) is 0. The summed E-state index contributed by atoms with van der Waals surface area (Å²) >= 11 is 10.3. The number of carbonyl (C=O) groups is 2. The zero-order valence-electron chi connectivity index (χ0n) is 14.9. The third-order valence-corrected chi connectivity index (χ3v) is 8.28. The molecule has 28 heavy (non-hydrogen) atoms. The normalized spacial score (nSPS) is 22.4. The molecule has 0 bridgehead atoms. The SMILES string of the molecule is O=C1CS[C@H](c2cccc(Br)c2)N1CCN1C(=O)CS[C@H]1c1cccc(Br)c1. The van der Waals surface area contributed by atoms with Gasteiger partial charge in [0.2, 0.25) is 11.8 Å². The number of hydrogen-bond donors (Lipinski definition) is 0. The Bertz CT molecular complexity index is 838. The summed E-state index contributed by atoms with van der Waals surface area (Å²) in [6, 6.07) is 16.2. The smallest absolute Gasteiger partial charge is 0.233 e. The van der Waals surface area contributed by atoms with E-state index in [9.17, 15) is 9.59 Å². The average molecular weight is 542 g/mol. The number of nitrogens with zero attached hydrogens (tertiary/aromatic N) is 2. The van der Waals surface area contributed by atoms with Gasteiger partial charge in [0.05, 0.1) is 11.5 Å². The van der Waals surface area contributed by atoms with Crippen molar-refractivity contribution in [3.05, 3.63) is 68.6 Å². The maximum Gasteiger partial charge on any atom is 0.233 e. The molecule has 4 rings (SSSR count). The molecule has 0 saturated carbocycles. The minimum absolute atomic E-state index is 0.000298. The van der Waals surface area contributed by atoms with Crippen LogP contribution in [0, 0.1) is 0 Å². The van der Waals surface area contributed by atoms with Gasteiger partial charge in [0.1, 0.15) is 10.7 Å². The third kappa shape index (κ3) is 4.30. The molecule has 146 valence electrons. The van der Waals surface area contributed by atoms with Gasteiger partial charge in [-0.3, -0.25) is 9.59 Å². The van der Waals surface area contributed by atoms with E-state index in [2.05, 4.69) is 56.1 Å². The highest BCUT2D eigenvalue weighted by Gasteiger charge is 2.36. The van der Waals surface area contributed by atoms with Gasteiger partial charge in [-0.1, -0.05) is 56.1 Å². The fraction of sp³-hybridized carbons (Fsp3) is 0.300. The van der Waals surface area contributed by atoms with Crippen molar-refractivity contribution < 1.29 is 9.59 Å². The van der Waals surface area contributed by atoms with Crippen LogP contribution < -0.4 is 0 Å². The first-order valence-electron chi connectivity index (χ1n) is 8.86. The lowest BCUT2D eigenvalue weighted by molar-refractivity contribution is -0.132. The summed E-state index contributed by atoms with van der Waals surface area (Å²) in [5.41, 5.74) is 2.21. The van der Waals surface area contributed by atoms with E-state index in [1.54, 1.807) is 23.5 Å². The molecule has 2 saturated heterocycles. The maximum absolute atomic E-state index is 12.5. The molecule has 4 nitrogen and oxygen atoms in total. The summed E-state index contributed by atoms with van der Waals surface area (Å²) in [6.45, 7) is 1.08. The molecule has 2 aliphatic heterocycles. The van der Waals surface area contributed by atoms with Crippen LogP contribution in [0.3, 0.4) is 0 Å². The highest BCUT2D eigenvalue weighted by Crippen LogP contribution is 2.41. The number of hydrogen-bond acceptors (Lipinski definition) is 4. The number of thioether (sulfide) groups is 2. The monoisotopic (exact) mass is 540 g/mol. The fourth-order valence-electron chi connectivity index (χ4n) is 3.48. The zero-order valence-corrected chi connectivity index (χ0v) is 19.7. The van der Waals surface area contributed by atoms with E-state index in [0.29, 0.717) is 24.6 Å². The number of rotatable bonds is 5. The lowest BCUT2D eigenvalue weighted by Gasteiger charge is -2.29. The predicted octanol–water partition coefficient (Wildman–Crippen LogP) is 5.06. The molecular formula is C20H18Br2N2O2S2. The van der Waals surface area contributed by atoms with Crippen LogP contribution in [-0.2, 0) is 9.59 Å². The predicted molar refractivity (Wildman–Crippen MR) is 122 cm³/mol. The highest BCUT2D eigenvalue weighted by molar-refractivity contribution is 9.10. The van der Waals surface area contributed by atoms with E-state index < -0.39 is 0 Å². The Kier molecular flexibility index (Phi) is 6.40. The number of benzene rings is 2. The lowest BCUT2D eigenvalue weighted by Crippen LogP contribution is -2.39. The van der Waals surface area contributed by atoms with Crippen molar-refractivity contribution in [1.29, 1.82) is 0 Å². The Morgan fingerprint density at radius 1 is 0.786 bits per heavy atom. The summed E-state index contributed by atoms with van der Waals surface area (Å²) in [5.74, 6) is 1.23. The Morgan fingerprint density at radius 2 is 1.21 bits per heavy atom. The van der Waals surface area contributed by atoms with Gasteiger partial charge in [-0.25, -0.2) is 0 Å². The topological polar surface area (TPSA) is 40.6 Å². The summed E-state index contributed by atoms with van der Waals surface area (Å²) in [4.78, 5) is 28.8. The molecule has 0 aromatic heterocycles. The maximum atomic E-state index is 12.5. The van der Waals surface area contributed by atoms with Crippen LogP contribution >= 0.6 is 55.4 Å². The van der Waals surface area contributed by atoms with Gasteiger partial charge in [0.15, 0.2) is 0 Å². The van der Waals surface area contributed by atoms with E-state index in [1.165, 1.54) is 0 Å². The summed E-state index contributed by atoms with van der Waals surface area (Å²) < 4.78 is 2.01. The van der Waals surface area contributed by atoms with E-state index >= 15 is 0 Å². The largest absolute Gasteiger partial charge is 0.324 e. The van der Waals surface area contributed by atoms with Crippen molar-refractivity contribution >= 4 is 67.2 Å². The van der Waals surface area contributed by atoms with Crippen LogP contribution in [0.2, 0.25) is 0 Å². The number of amides is 2. The molecule has 0 N–H and O–H groups in total. The highest BCUT2D eigenvalue weighted by atomic mass is 79.9. The van der Waals surface area contributed by atoms with E-state index in [0.717, 1.165) is 20.1 Å². The Labute approximate surface area is 189 Å². The van der Waals surface area contributed by atoms with E-state index in [1.807, 2.05) is 34.1 Å². The van der Waals surface area contributed by atoms with Crippen LogP contribution in [0.5, 0.6) is 0 Å². The van der Waals surface area contributed by atoms with Gasteiger partial charge < -0.3 is 9.80 Å². The molecular weight excluding hydrogens is 524 g/mol. The van der Waals surface area contributed by atoms with E-state index in [4.69, 9.17) is 0 Å². The van der Waals surface area contributed by atoms with Crippen LogP contribution in [0.4, 0.5) is 0 Å². The standard InChI is InChI=1S/C20H18Br2N2O2S2/c21-15-5-1-3-13(9-15)19-23(17(25)11-27-19)7-8-24-18(26)12-28-20(24)14-4-2-6-16(22)10-14/h1-6,9-10,19-20H,7-8,11-12H2/t19-,20+. The van der Waals surface area contributed by atoms with Crippen LogP contribution in [0.25, 0.3) is 0 Å². The summed E-state index contributed by atoms with van der Waals surface area (Å²) in [7, 11) is 0. The van der Waals surface area contributed by atoms with Gasteiger partial charge >= 0.3 is 0 Å². The van der Waals surface area contributed by atoms with Gasteiger partial charge in [0.25, 0.3) is 0 Å². The second kappa shape index (κ2) is 8.81. The number of halogens is 2. The molecule has 0 radical (unpaired) electrons. The van der Waals surface area contributed by atoms with Crippen molar-refractivity contribution in [2.24, 2.45) is 0 Å². The minimum atomic E-state index is -0.000298. The first-order chi connectivity index (χ1) is 13.5. The third-order valence-electron chi connectivity index (χ3n) is 4.79. The van der Waals surface area contributed by atoms with E-state index in [-0.39, 0.29) is 22.6 Å². The molecule has 0 spiro atoms. The Morgan fingerprint density at radius 3 is 1.61 bits per heavy atom. The van der Waals surface area contributed by atoms with Crippen molar-refractivity contribution in [3.63, 3.8) is 0 Å². The van der Waals surface area contributed by atoms with Crippen LogP contribution in [-0.4, -0.2) is 46.2 Å². The van der Waals surface area contributed by atoms with Crippen molar-refractivity contribution in [3.8, 4) is 0 Å². The zero-order chi connectivity index (χ0) is 19.7. The molecule has 2 fully saturated rings. The van der Waals surface area contributed by atoms with Crippen molar-refractivity contribution in [2.45, 2.75) is 10.7 Å². The molecule has 2 amide bonds. The molecule has 0 aliphatic carbocycles. The molecule has 0 unspecified atom stereocenters. The molecule has 2 aliphatic rings. The first-order valence-corrected chi connectivity index (χ1v) is 12.5. The quantitative estimate of drug-likeness (QED) is 0.530. The molecule has 8 heteroatoms. The minimum Gasteiger partial charge on any atom is -0.324 e. The van der Waals surface area contributed by atoms with Gasteiger partial charge in [0, 0.05) is 22.0 Å².